The SMILES string of the molecule is CCCc1sc(C(=O)NCCC2CCCNC2)cc1CC. The summed E-state index contributed by atoms with van der Waals surface area (Å²) < 4.78 is 0. The Kier molecular flexibility index (Phi) is 6.71. The molecule has 0 spiro atoms. The van der Waals surface area contributed by atoms with Crippen molar-refractivity contribution < 1.29 is 4.79 Å². The lowest BCUT2D eigenvalue weighted by Gasteiger charge is -2.22. The van der Waals surface area contributed by atoms with Crippen LogP contribution in [0.15, 0.2) is 6.07 Å². The van der Waals surface area contributed by atoms with Crippen LogP contribution in [0.25, 0.3) is 0 Å². The predicted octanol–water partition coefficient (Wildman–Crippen LogP) is 3.38. The fourth-order valence-electron chi connectivity index (χ4n) is 2.96. The Bertz CT molecular complexity index is 450. The molecule has 118 valence electrons. The summed E-state index contributed by atoms with van der Waals surface area (Å²) in [6, 6.07) is 2.09. The Morgan fingerprint density at radius 3 is 3.00 bits per heavy atom. The van der Waals surface area contributed by atoms with E-state index in [1.54, 1.807) is 11.3 Å². The Hall–Kier alpha value is -0.870. The van der Waals surface area contributed by atoms with Crippen molar-refractivity contribution in [3.8, 4) is 0 Å². The third-order valence-corrected chi connectivity index (χ3v) is 5.45. The summed E-state index contributed by atoms with van der Waals surface area (Å²) in [4.78, 5) is 14.5. The van der Waals surface area contributed by atoms with Crippen molar-refractivity contribution in [3.63, 3.8) is 0 Å². The Labute approximate surface area is 132 Å². The van der Waals surface area contributed by atoms with Crippen molar-refractivity contribution in [2.24, 2.45) is 5.92 Å². The molecule has 1 aromatic heterocycles. The van der Waals surface area contributed by atoms with Crippen LogP contribution in [0.1, 0.15) is 59.6 Å². The Balaban J connectivity index is 1.82. The normalized spacial score (nSPS) is 18.7. The van der Waals surface area contributed by atoms with Crippen LogP contribution in [0.2, 0.25) is 0 Å². The van der Waals surface area contributed by atoms with Crippen LogP contribution in [-0.2, 0) is 12.8 Å². The van der Waals surface area contributed by atoms with Crippen LogP contribution >= 0.6 is 11.3 Å². The minimum atomic E-state index is 0.112. The van der Waals surface area contributed by atoms with E-state index in [9.17, 15) is 4.79 Å². The van der Waals surface area contributed by atoms with E-state index in [0.717, 1.165) is 56.1 Å². The van der Waals surface area contributed by atoms with Gasteiger partial charge >= 0.3 is 0 Å². The maximum absolute atomic E-state index is 12.3. The highest BCUT2D eigenvalue weighted by molar-refractivity contribution is 7.14. The van der Waals surface area contributed by atoms with E-state index < -0.39 is 0 Å². The topological polar surface area (TPSA) is 41.1 Å². The maximum atomic E-state index is 12.3. The molecule has 0 aromatic carbocycles. The summed E-state index contributed by atoms with van der Waals surface area (Å²) in [5.74, 6) is 0.838. The van der Waals surface area contributed by atoms with Crippen LogP contribution in [0, 0.1) is 5.92 Å². The van der Waals surface area contributed by atoms with E-state index in [1.165, 1.54) is 23.3 Å². The zero-order valence-corrected chi connectivity index (χ0v) is 14.2. The van der Waals surface area contributed by atoms with Crippen molar-refractivity contribution in [2.75, 3.05) is 19.6 Å². The number of amides is 1. The van der Waals surface area contributed by atoms with Gasteiger partial charge in [-0.2, -0.15) is 0 Å². The Morgan fingerprint density at radius 1 is 1.48 bits per heavy atom. The van der Waals surface area contributed by atoms with E-state index >= 15 is 0 Å². The van der Waals surface area contributed by atoms with Gasteiger partial charge in [0.2, 0.25) is 0 Å². The number of carbonyl (C=O) groups is 1. The molecule has 1 aromatic rings. The fourth-order valence-corrected chi connectivity index (χ4v) is 4.24. The van der Waals surface area contributed by atoms with E-state index in [-0.39, 0.29) is 5.91 Å². The lowest BCUT2D eigenvalue weighted by Crippen LogP contribution is -2.33. The van der Waals surface area contributed by atoms with Crippen LogP contribution in [0.4, 0.5) is 0 Å². The smallest absolute Gasteiger partial charge is 0.261 e. The lowest BCUT2D eigenvalue weighted by atomic mass is 9.96. The lowest BCUT2D eigenvalue weighted by molar-refractivity contribution is 0.0954. The summed E-state index contributed by atoms with van der Waals surface area (Å²) >= 11 is 1.68. The largest absolute Gasteiger partial charge is 0.351 e. The molecule has 4 heteroatoms. The van der Waals surface area contributed by atoms with Gasteiger partial charge in [-0.25, -0.2) is 0 Å². The molecule has 1 atom stereocenters. The van der Waals surface area contributed by atoms with Crippen molar-refractivity contribution in [1.29, 1.82) is 0 Å². The van der Waals surface area contributed by atoms with Gasteiger partial charge in [-0.1, -0.05) is 20.3 Å². The second-order valence-electron chi connectivity index (χ2n) is 5.92. The summed E-state index contributed by atoms with van der Waals surface area (Å²) in [5, 5.41) is 6.52. The molecule has 0 saturated carbocycles. The molecule has 1 saturated heterocycles. The molecule has 1 fully saturated rings. The van der Waals surface area contributed by atoms with Crippen LogP contribution in [0.3, 0.4) is 0 Å². The number of aryl methyl sites for hydroxylation is 2. The highest BCUT2D eigenvalue weighted by Crippen LogP contribution is 2.24. The maximum Gasteiger partial charge on any atom is 0.261 e. The monoisotopic (exact) mass is 308 g/mol. The number of hydrogen-bond acceptors (Lipinski definition) is 3. The first-order valence-corrected chi connectivity index (χ1v) is 9.16. The second-order valence-corrected chi connectivity index (χ2v) is 7.06. The van der Waals surface area contributed by atoms with Gasteiger partial charge in [-0.3, -0.25) is 4.79 Å². The van der Waals surface area contributed by atoms with Crippen molar-refractivity contribution in [2.45, 2.75) is 52.4 Å². The van der Waals surface area contributed by atoms with Crippen molar-refractivity contribution in [3.05, 3.63) is 21.4 Å². The number of thiophene rings is 1. The molecule has 1 aliphatic heterocycles. The number of carbonyl (C=O) groups excluding carboxylic acids is 1. The third-order valence-electron chi connectivity index (χ3n) is 4.22. The molecule has 2 rings (SSSR count). The molecule has 1 amide bonds. The number of hydrogen-bond donors (Lipinski definition) is 2. The summed E-state index contributed by atoms with van der Waals surface area (Å²) in [7, 11) is 0. The average Bonchev–Trinajstić information content (AvgIpc) is 2.92. The van der Waals surface area contributed by atoms with E-state index in [0.29, 0.717) is 0 Å². The fraction of sp³-hybridized carbons (Fsp3) is 0.706. The highest BCUT2D eigenvalue weighted by atomic mass is 32.1. The zero-order chi connectivity index (χ0) is 15.1. The average molecular weight is 308 g/mol. The Morgan fingerprint density at radius 2 is 2.33 bits per heavy atom. The predicted molar refractivity (Wildman–Crippen MR) is 90.2 cm³/mol. The zero-order valence-electron chi connectivity index (χ0n) is 13.3. The first kappa shape index (κ1) is 16.5. The molecule has 1 unspecified atom stereocenters. The van der Waals surface area contributed by atoms with Gasteiger partial charge in [0.25, 0.3) is 5.91 Å². The van der Waals surface area contributed by atoms with Gasteiger partial charge in [0.15, 0.2) is 0 Å². The molecule has 2 heterocycles. The molecule has 2 N–H and O–H groups in total. The van der Waals surface area contributed by atoms with Crippen molar-refractivity contribution >= 4 is 17.2 Å². The van der Waals surface area contributed by atoms with E-state index in [1.807, 2.05) is 0 Å². The van der Waals surface area contributed by atoms with Gasteiger partial charge in [-0.15, -0.1) is 11.3 Å². The second kappa shape index (κ2) is 8.54. The minimum Gasteiger partial charge on any atom is -0.351 e. The molecule has 0 aliphatic carbocycles. The molecule has 0 bridgehead atoms. The van der Waals surface area contributed by atoms with E-state index in [4.69, 9.17) is 0 Å². The molecule has 1 aliphatic rings. The van der Waals surface area contributed by atoms with Gasteiger partial charge in [-0.05, 0) is 62.7 Å². The summed E-state index contributed by atoms with van der Waals surface area (Å²) in [6.45, 7) is 7.41. The van der Waals surface area contributed by atoms with Gasteiger partial charge < -0.3 is 10.6 Å². The van der Waals surface area contributed by atoms with Gasteiger partial charge in [0.1, 0.15) is 0 Å². The van der Waals surface area contributed by atoms with Gasteiger partial charge in [0.05, 0.1) is 4.88 Å². The quantitative estimate of drug-likeness (QED) is 0.811. The summed E-state index contributed by atoms with van der Waals surface area (Å²) in [5.41, 5.74) is 1.35. The first-order valence-electron chi connectivity index (χ1n) is 8.35. The standard InChI is InChI=1S/C17H28N2OS/c1-3-6-15-14(4-2)11-16(21-15)17(20)19-10-8-13-7-5-9-18-12-13/h11,13,18H,3-10,12H2,1-2H3,(H,19,20). The number of piperidine rings is 1. The van der Waals surface area contributed by atoms with Crippen LogP contribution in [0.5, 0.6) is 0 Å². The van der Waals surface area contributed by atoms with Gasteiger partial charge in [0, 0.05) is 11.4 Å². The molecular formula is C17H28N2OS. The number of nitrogens with one attached hydrogen (secondary N) is 2. The highest BCUT2D eigenvalue weighted by Gasteiger charge is 2.15. The first-order chi connectivity index (χ1) is 10.2. The molecular weight excluding hydrogens is 280 g/mol. The van der Waals surface area contributed by atoms with Crippen molar-refractivity contribution in [1.82, 2.24) is 10.6 Å². The molecule has 21 heavy (non-hydrogen) atoms. The van der Waals surface area contributed by atoms with E-state index in [2.05, 4.69) is 30.5 Å². The van der Waals surface area contributed by atoms with Crippen LogP contribution < -0.4 is 10.6 Å². The summed E-state index contributed by atoms with van der Waals surface area (Å²) in [6.07, 6.45) is 6.91. The number of rotatable bonds is 7. The van der Waals surface area contributed by atoms with Crippen LogP contribution in [-0.4, -0.2) is 25.5 Å². The minimum absolute atomic E-state index is 0.112. The molecule has 3 nitrogen and oxygen atoms in total. The molecule has 0 radical (unpaired) electrons. The third kappa shape index (κ3) is 4.82.